The average molecular weight is 193 g/mol. The monoisotopic (exact) mass is 193 g/mol. The number of rotatable bonds is 6. The smallest absolute Gasteiger partial charge is 0.166 e. The molecule has 0 radical (unpaired) electrons. The van der Waals surface area contributed by atoms with Crippen LogP contribution in [0.15, 0.2) is 24.5 Å². The number of nitrogens with zero attached hydrogens (tertiary/aromatic N) is 1. The fourth-order valence-corrected chi connectivity index (χ4v) is 1.08. The molecule has 1 rings (SSSR count). The third-order valence-corrected chi connectivity index (χ3v) is 1.81. The lowest BCUT2D eigenvalue weighted by molar-refractivity contribution is 0.0878. The number of ketones is 1. The van der Waals surface area contributed by atoms with Crippen molar-refractivity contribution in [1.82, 2.24) is 4.98 Å². The molecule has 0 spiro atoms. The normalized spacial score (nSPS) is 10.1. The van der Waals surface area contributed by atoms with Crippen LogP contribution in [0.2, 0.25) is 0 Å². The Bertz CT molecular complexity index is 272. The van der Waals surface area contributed by atoms with Gasteiger partial charge in [0.15, 0.2) is 5.78 Å². The van der Waals surface area contributed by atoms with Crippen molar-refractivity contribution in [3.05, 3.63) is 30.1 Å². The number of pyridine rings is 1. The highest BCUT2D eigenvalue weighted by Crippen LogP contribution is 2.01. The molecule has 0 unspecified atom stereocenters. The second kappa shape index (κ2) is 6.27. The standard InChI is InChI=1S/C11H15NO2/c1-2-7-14-8-5-11(13)10-4-3-6-12-9-10/h3-4,6,9H,2,5,7-8H2,1H3. The third-order valence-electron chi connectivity index (χ3n) is 1.81. The van der Waals surface area contributed by atoms with Crippen LogP contribution in [0.1, 0.15) is 30.1 Å². The number of Topliss-reactive ketones (excluding diaryl/α,β-unsaturated/α-hetero) is 1. The Morgan fingerprint density at radius 1 is 1.50 bits per heavy atom. The van der Waals surface area contributed by atoms with Gasteiger partial charge in [0.05, 0.1) is 6.61 Å². The van der Waals surface area contributed by atoms with Gasteiger partial charge in [-0.05, 0) is 18.6 Å². The van der Waals surface area contributed by atoms with E-state index in [1.54, 1.807) is 24.5 Å². The first-order valence-corrected chi connectivity index (χ1v) is 4.85. The number of ether oxygens (including phenoxy) is 1. The van der Waals surface area contributed by atoms with E-state index < -0.39 is 0 Å². The van der Waals surface area contributed by atoms with Crippen molar-refractivity contribution in [1.29, 1.82) is 0 Å². The van der Waals surface area contributed by atoms with Gasteiger partial charge in [-0.25, -0.2) is 0 Å². The average Bonchev–Trinajstić information content (AvgIpc) is 2.25. The molecule has 1 aromatic heterocycles. The Labute approximate surface area is 84.1 Å². The van der Waals surface area contributed by atoms with Gasteiger partial charge in [0.25, 0.3) is 0 Å². The Morgan fingerprint density at radius 2 is 2.36 bits per heavy atom. The van der Waals surface area contributed by atoms with Crippen LogP contribution < -0.4 is 0 Å². The highest BCUT2D eigenvalue weighted by Gasteiger charge is 2.04. The topological polar surface area (TPSA) is 39.2 Å². The van der Waals surface area contributed by atoms with E-state index >= 15 is 0 Å². The summed E-state index contributed by atoms with van der Waals surface area (Å²) in [6.07, 6.45) is 4.67. The maximum absolute atomic E-state index is 11.5. The highest BCUT2D eigenvalue weighted by atomic mass is 16.5. The minimum absolute atomic E-state index is 0.0919. The van der Waals surface area contributed by atoms with Crippen LogP contribution in [-0.2, 0) is 4.74 Å². The second-order valence-electron chi connectivity index (χ2n) is 3.03. The minimum atomic E-state index is 0.0919. The van der Waals surface area contributed by atoms with Crippen molar-refractivity contribution in [2.75, 3.05) is 13.2 Å². The van der Waals surface area contributed by atoms with Crippen LogP contribution in [0.5, 0.6) is 0 Å². The summed E-state index contributed by atoms with van der Waals surface area (Å²) in [5.41, 5.74) is 0.660. The van der Waals surface area contributed by atoms with E-state index in [1.807, 2.05) is 6.92 Å². The van der Waals surface area contributed by atoms with Gasteiger partial charge in [-0.2, -0.15) is 0 Å². The van der Waals surface area contributed by atoms with E-state index in [2.05, 4.69) is 4.98 Å². The van der Waals surface area contributed by atoms with Gasteiger partial charge in [0, 0.05) is 31.0 Å². The lowest BCUT2D eigenvalue weighted by Gasteiger charge is -2.01. The Balaban J connectivity index is 2.29. The molecule has 0 aliphatic rings. The van der Waals surface area contributed by atoms with Crippen LogP contribution in [0.3, 0.4) is 0 Å². The molecule has 0 saturated carbocycles. The van der Waals surface area contributed by atoms with Crippen molar-refractivity contribution >= 4 is 5.78 Å². The van der Waals surface area contributed by atoms with Gasteiger partial charge in [0.2, 0.25) is 0 Å². The number of carbonyl (C=O) groups is 1. The molecular weight excluding hydrogens is 178 g/mol. The van der Waals surface area contributed by atoms with Crippen LogP contribution in [-0.4, -0.2) is 24.0 Å². The number of carbonyl (C=O) groups excluding carboxylic acids is 1. The molecule has 0 N–H and O–H groups in total. The maximum atomic E-state index is 11.5. The summed E-state index contributed by atoms with van der Waals surface area (Å²) >= 11 is 0. The van der Waals surface area contributed by atoms with Gasteiger partial charge in [-0.3, -0.25) is 9.78 Å². The Hall–Kier alpha value is -1.22. The fraction of sp³-hybridized carbons (Fsp3) is 0.455. The zero-order chi connectivity index (χ0) is 10.2. The van der Waals surface area contributed by atoms with Crippen LogP contribution in [0, 0.1) is 0 Å². The van der Waals surface area contributed by atoms with E-state index in [1.165, 1.54) is 0 Å². The SMILES string of the molecule is CCCOCCC(=O)c1cccnc1. The first-order chi connectivity index (χ1) is 6.84. The first kappa shape index (κ1) is 10.9. The lowest BCUT2D eigenvalue weighted by atomic mass is 10.1. The van der Waals surface area contributed by atoms with Crippen molar-refractivity contribution in [3.63, 3.8) is 0 Å². The molecule has 0 aliphatic heterocycles. The number of hydrogen-bond donors (Lipinski definition) is 0. The van der Waals surface area contributed by atoms with Crippen molar-refractivity contribution in [2.24, 2.45) is 0 Å². The van der Waals surface area contributed by atoms with E-state index in [0.717, 1.165) is 13.0 Å². The van der Waals surface area contributed by atoms with Crippen molar-refractivity contribution < 1.29 is 9.53 Å². The molecule has 0 atom stereocenters. The van der Waals surface area contributed by atoms with Gasteiger partial charge in [0.1, 0.15) is 0 Å². The van der Waals surface area contributed by atoms with E-state index in [0.29, 0.717) is 18.6 Å². The highest BCUT2D eigenvalue weighted by molar-refractivity contribution is 5.95. The molecule has 0 aliphatic carbocycles. The number of hydrogen-bond acceptors (Lipinski definition) is 3. The quantitative estimate of drug-likeness (QED) is 0.513. The summed E-state index contributed by atoms with van der Waals surface area (Å²) in [4.78, 5) is 15.4. The summed E-state index contributed by atoms with van der Waals surface area (Å²) in [6, 6.07) is 3.54. The van der Waals surface area contributed by atoms with E-state index in [9.17, 15) is 4.79 Å². The zero-order valence-corrected chi connectivity index (χ0v) is 8.40. The summed E-state index contributed by atoms with van der Waals surface area (Å²) in [7, 11) is 0. The van der Waals surface area contributed by atoms with Gasteiger partial charge in [-0.15, -0.1) is 0 Å². The molecular formula is C11H15NO2. The first-order valence-electron chi connectivity index (χ1n) is 4.85. The van der Waals surface area contributed by atoms with Crippen molar-refractivity contribution in [2.45, 2.75) is 19.8 Å². The molecule has 3 heteroatoms. The largest absolute Gasteiger partial charge is 0.381 e. The zero-order valence-electron chi connectivity index (χ0n) is 8.40. The molecule has 76 valence electrons. The lowest BCUT2D eigenvalue weighted by Crippen LogP contribution is -2.05. The molecule has 0 amide bonds. The molecule has 0 fully saturated rings. The Kier molecular flexibility index (Phi) is 4.86. The molecule has 0 saturated heterocycles. The van der Waals surface area contributed by atoms with Crippen LogP contribution in [0.4, 0.5) is 0 Å². The van der Waals surface area contributed by atoms with Crippen LogP contribution in [0.25, 0.3) is 0 Å². The summed E-state index contributed by atoms with van der Waals surface area (Å²) in [6.45, 7) is 3.27. The summed E-state index contributed by atoms with van der Waals surface area (Å²) < 4.78 is 5.23. The second-order valence-corrected chi connectivity index (χ2v) is 3.03. The predicted octanol–water partition coefficient (Wildman–Crippen LogP) is 2.08. The van der Waals surface area contributed by atoms with E-state index in [4.69, 9.17) is 4.74 Å². The molecule has 1 heterocycles. The minimum Gasteiger partial charge on any atom is -0.381 e. The van der Waals surface area contributed by atoms with Gasteiger partial charge in [-0.1, -0.05) is 6.92 Å². The molecule has 14 heavy (non-hydrogen) atoms. The number of aromatic nitrogens is 1. The summed E-state index contributed by atoms with van der Waals surface area (Å²) in [5, 5.41) is 0. The third kappa shape index (κ3) is 3.66. The fourth-order valence-electron chi connectivity index (χ4n) is 1.08. The molecule has 0 bridgehead atoms. The molecule has 3 nitrogen and oxygen atoms in total. The van der Waals surface area contributed by atoms with Crippen molar-refractivity contribution in [3.8, 4) is 0 Å². The predicted molar refractivity (Wildman–Crippen MR) is 54.3 cm³/mol. The Morgan fingerprint density at radius 3 is 3.00 bits per heavy atom. The maximum Gasteiger partial charge on any atom is 0.166 e. The summed E-state index contributed by atoms with van der Waals surface area (Å²) in [5.74, 6) is 0.0919. The molecule has 0 aromatic carbocycles. The molecule has 1 aromatic rings. The van der Waals surface area contributed by atoms with Gasteiger partial charge >= 0.3 is 0 Å². The van der Waals surface area contributed by atoms with Crippen LogP contribution >= 0.6 is 0 Å². The van der Waals surface area contributed by atoms with E-state index in [-0.39, 0.29) is 5.78 Å². The van der Waals surface area contributed by atoms with Gasteiger partial charge < -0.3 is 4.74 Å².